The summed E-state index contributed by atoms with van der Waals surface area (Å²) in [4.78, 5) is 4.47. The fourth-order valence-electron chi connectivity index (χ4n) is 2.32. The van der Waals surface area contributed by atoms with Gasteiger partial charge in [-0.15, -0.1) is 0 Å². The third-order valence-electron chi connectivity index (χ3n) is 3.63. The molecule has 0 aliphatic carbocycles. The third kappa shape index (κ3) is 4.87. The van der Waals surface area contributed by atoms with Crippen molar-refractivity contribution in [2.24, 2.45) is 0 Å². The van der Waals surface area contributed by atoms with Gasteiger partial charge in [0.15, 0.2) is 5.82 Å². The molecule has 136 valence electrons. The normalized spacial score (nSPS) is 11.6. The fourth-order valence-corrected chi connectivity index (χ4v) is 3.47. The first-order chi connectivity index (χ1) is 12.4. The van der Waals surface area contributed by atoms with Crippen LogP contribution >= 0.6 is 11.6 Å². The van der Waals surface area contributed by atoms with E-state index in [1.54, 1.807) is 12.1 Å². The number of halogens is 2. The van der Waals surface area contributed by atoms with E-state index >= 15 is 0 Å². The minimum Gasteiger partial charge on any atom is -0.263 e. The maximum Gasteiger partial charge on any atom is 0.240 e. The molecule has 6 nitrogen and oxygen atoms in total. The van der Waals surface area contributed by atoms with E-state index < -0.39 is 10.0 Å². The van der Waals surface area contributed by atoms with Crippen LogP contribution in [-0.2, 0) is 22.9 Å². The summed E-state index contributed by atoms with van der Waals surface area (Å²) in [6.07, 6.45) is 0.830. The number of nitrogens with one attached hydrogen (secondary N) is 2. The second-order valence-electron chi connectivity index (χ2n) is 5.60. The first kappa shape index (κ1) is 18.5. The monoisotopic (exact) mass is 394 g/mol. The number of aromatic amines is 1. The second-order valence-corrected chi connectivity index (χ2v) is 7.81. The standard InChI is InChI=1S/C17H16ClFN4O2S/c18-13-3-7-15(8-4-13)26(24,25)20-10-9-16-21-17(23-22-16)11-12-1-5-14(19)6-2-12/h1-8,20H,9-11H2,(H,21,22,23). The van der Waals surface area contributed by atoms with Crippen LogP contribution in [0.1, 0.15) is 17.2 Å². The van der Waals surface area contributed by atoms with Crippen molar-refractivity contribution in [3.63, 3.8) is 0 Å². The van der Waals surface area contributed by atoms with E-state index in [1.807, 2.05) is 0 Å². The van der Waals surface area contributed by atoms with Crippen molar-refractivity contribution in [1.82, 2.24) is 19.9 Å². The number of hydrogen-bond donors (Lipinski definition) is 2. The van der Waals surface area contributed by atoms with E-state index in [1.165, 1.54) is 36.4 Å². The van der Waals surface area contributed by atoms with Crippen LogP contribution in [0.5, 0.6) is 0 Å². The van der Waals surface area contributed by atoms with Crippen LogP contribution in [0.25, 0.3) is 0 Å². The van der Waals surface area contributed by atoms with Crippen LogP contribution < -0.4 is 4.72 Å². The number of sulfonamides is 1. The SMILES string of the molecule is O=S(=O)(NCCc1n[nH]c(Cc2ccc(F)cc2)n1)c1ccc(Cl)cc1. The molecule has 2 aromatic carbocycles. The van der Waals surface area contributed by atoms with Gasteiger partial charge in [0.2, 0.25) is 10.0 Å². The Hall–Kier alpha value is -2.29. The third-order valence-corrected chi connectivity index (χ3v) is 5.36. The number of H-pyrrole nitrogens is 1. The molecule has 0 aliphatic rings. The van der Waals surface area contributed by atoms with E-state index in [0.717, 1.165) is 5.56 Å². The highest BCUT2D eigenvalue weighted by Crippen LogP contribution is 2.13. The molecule has 2 N–H and O–H groups in total. The predicted octanol–water partition coefficient (Wildman–Crippen LogP) is 2.71. The minimum atomic E-state index is -3.60. The van der Waals surface area contributed by atoms with Crippen LogP contribution in [0.3, 0.4) is 0 Å². The number of rotatable bonds is 7. The molecule has 0 unspecified atom stereocenters. The predicted molar refractivity (Wildman–Crippen MR) is 95.9 cm³/mol. The highest BCUT2D eigenvalue weighted by molar-refractivity contribution is 7.89. The van der Waals surface area contributed by atoms with Crippen molar-refractivity contribution in [3.05, 3.63) is 76.6 Å². The van der Waals surface area contributed by atoms with Crippen LogP contribution in [-0.4, -0.2) is 30.1 Å². The Morgan fingerprint density at radius 3 is 2.46 bits per heavy atom. The molecule has 1 aromatic heterocycles. The molecule has 0 saturated heterocycles. The van der Waals surface area contributed by atoms with Gasteiger partial charge in [0.05, 0.1) is 4.90 Å². The van der Waals surface area contributed by atoms with E-state index in [2.05, 4.69) is 19.9 Å². The maximum atomic E-state index is 12.9. The Morgan fingerprint density at radius 2 is 1.77 bits per heavy atom. The Bertz CT molecular complexity index is 973. The Labute approximate surface area is 155 Å². The number of aromatic nitrogens is 3. The Kier molecular flexibility index (Phi) is 5.65. The van der Waals surface area contributed by atoms with Crippen molar-refractivity contribution in [1.29, 1.82) is 0 Å². The van der Waals surface area contributed by atoms with E-state index in [4.69, 9.17) is 11.6 Å². The summed E-state index contributed by atoms with van der Waals surface area (Å²) in [7, 11) is -3.60. The zero-order valence-electron chi connectivity index (χ0n) is 13.6. The van der Waals surface area contributed by atoms with Gasteiger partial charge in [0.25, 0.3) is 0 Å². The molecule has 26 heavy (non-hydrogen) atoms. The highest BCUT2D eigenvalue weighted by Gasteiger charge is 2.13. The zero-order valence-corrected chi connectivity index (χ0v) is 15.2. The van der Waals surface area contributed by atoms with Crippen molar-refractivity contribution in [2.75, 3.05) is 6.54 Å². The second kappa shape index (κ2) is 7.94. The Balaban J connectivity index is 1.54. The van der Waals surface area contributed by atoms with E-state index in [9.17, 15) is 12.8 Å². The lowest BCUT2D eigenvalue weighted by Gasteiger charge is -2.05. The molecule has 0 bridgehead atoms. The molecule has 1 heterocycles. The number of hydrogen-bond acceptors (Lipinski definition) is 4. The molecule has 0 spiro atoms. The lowest BCUT2D eigenvalue weighted by atomic mass is 10.1. The van der Waals surface area contributed by atoms with Gasteiger partial charge in [-0.05, 0) is 42.0 Å². The van der Waals surface area contributed by atoms with Gasteiger partial charge in [0, 0.05) is 24.4 Å². The van der Waals surface area contributed by atoms with Gasteiger partial charge in [-0.2, -0.15) is 5.10 Å². The van der Waals surface area contributed by atoms with Crippen molar-refractivity contribution < 1.29 is 12.8 Å². The molecule has 0 aliphatic heterocycles. The first-order valence-corrected chi connectivity index (χ1v) is 9.68. The number of benzene rings is 2. The van der Waals surface area contributed by atoms with Crippen molar-refractivity contribution in [2.45, 2.75) is 17.7 Å². The van der Waals surface area contributed by atoms with Crippen LogP contribution in [0, 0.1) is 5.82 Å². The van der Waals surface area contributed by atoms with Crippen LogP contribution in [0.2, 0.25) is 5.02 Å². The molecule has 0 saturated carbocycles. The summed E-state index contributed by atoms with van der Waals surface area (Å²) in [6.45, 7) is 0.165. The van der Waals surface area contributed by atoms with Gasteiger partial charge in [-0.3, -0.25) is 5.10 Å². The summed E-state index contributed by atoms with van der Waals surface area (Å²) in [5, 5.41) is 7.35. The van der Waals surface area contributed by atoms with Crippen LogP contribution in [0.15, 0.2) is 53.4 Å². The summed E-state index contributed by atoms with van der Waals surface area (Å²) in [5.74, 6) is 0.841. The van der Waals surface area contributed by atoms with Gasteiger partial charge in [0.1, 0.15) is 11.6 Å². The average Bonchev–Trinajstić information content (AvgIpc) is 3.04. The van der Waals surface area contributed by atoms with E-state index in [0.29, 0.717) is 29.5 Å². The van der Waals surface area contributed by atoms with Gasteiger partial charge >= 0.3 is 0 Å². The summed E-state index contributed by atoms with van der Waals surface area (Å²) >= 11 is 5.76. The molecule has 3 aromatic rings. The van der Waals surface area contributed by atoms with Gasteiger partial charge in [-0.1, -0.05) is 23.7 Å². The molecule has 0 radical (unpaired) electrons. The molecule has 9 heteroatoms. The highest BCUT2D eigenvalue weighted by atomic mass is 35.5. The Morgan fingerprint density at radius 1 is 1.08 bits per heavy atom. The number of nitrogens with zero attached hydrogens (tertiary/aromatic N) is 2. The molecular formula is C17H16ClFN4O2S. The molecule has 0 amide bonds. The topological polar surface area (TPSA) is 87.7 Å². The summed E-state index contributed by atoms with van der Waals surface area (Å²) < 4.78 is 39.8. The zero-order chi connectivity index (χ0) is 18.6. The lowest BCUT2D eigenvalue weighted by Crippen LogP contribution is -2.26. The smallest absolute Gasteiger partial charge is 0.240 e. The largest absolute Gasteiger partial charge is 0.263 e. The molecule has 0 fully saturated rings. The minimum absolute atomic E-state index is 0.147. The van der Waals surface area contributed by atoms with Crippen molar-refractivity contribution >= 4 is 21.6 Å². The molecule has 0 atom stereocenters. The first-order valence-electron chi connectivity index (χ1n) is 7.82. The van der Waals surface area contributed by atoms with Crippen molar-refractivity contribution in [3.8, 4) is 0 Å². The van der Waals surface area contributed by atoms with Crippen LogP contribution in [0.4, 0.5) is 4.39 Å². The van der Waals surface area contributed by atoms with E-state index in [-0.39, 0.29) is 17.3 Å². The summed E-state index contributed by atoms with van der Waals surface area (Å²) in [6, 6.07) is 12.1. The lowest BCUT2D eigenvalue weighted by molar-refractivity contribution is 0.581. The van der Waals surface area contributed by atoms with Gasteiger partial charge in [-0.25, -0.2) is 22.5 Å². The molecular weight excluding hydrogens is 379 g/mol. The summed E-state index contributed by atoms with van der Waals surface area (Å²) in [5.41, 5.74) is 0.901. The average molecular weight is 395 g/mol. The fraction of sp³-hybridized carbons (Fsp3) is 0.176. The maximum absolute atomic E-state index is 12.9. The quantitative estimate of drug-likeness (QED) is 0.645. The van der Waals surface area contributed by atoms with Gasteiger partial charge < -0.3 is 0 Å². The molecule has 3 rings (SSSR count).